The van der Waals surface area contributed by atoms with Crippen molar-refractivity contribution in [1.29, 1.82) is 0 Å². The maximum Gasteiger partial charge on any atom is 0.372 e. The Hall–Kier alpha value is -2.43. The molecule has 0 unspecified atom stereocenters. The third kappa shape index (κ3) is 2.46. The van der Waals surface area contributed by atoms with E-state index in [0.717, 1.165) is 32.1 Å². The number of Topliss-reactive ketones (excluding diaryl/α,β-unsaturated/α-hetero) is 1. The SMILES string of the molecule is CC(=O)[C@@]1(c2ccoc2C(=O)O)CC[C@H]2[C@@H]3CCC4=CC(=O)C=C[C@]4(C)[C@H]3CC[C@@]21C. The van der Waals surface area contributed by atoms with E-state index in [-0.39, 0.29) is 28.2 Å². The normalized spacial score (nSPS) is 41.2. The lowest BCUT2D eigenvalue weighted by atomic mass is 9.45. The summed E-state index contributed by atoms with van der Waals surface area (Å²) in [5, 5.41) is 9.72. The van der Waals surface area contributed by atoms with E-state index in [1.807, 2.05) is 6.08 Å². The zero-order valence-electron chi connectivity index (χ0n) is 18.4. The molecule has 5 nitrogen and oxygen atoms in total. The Labute approximate surface area is 182 Å². The van der Waals surface area contributed by atoms with E-state index >= 15 is 0 Å². The van der Waals surface area contributed by atoms with Gasteiger partial charge in [-0.05, 0) is 86.8 Å². The van der Waals surface area contributed by atoms with E-state index < -0.39 is 11.4 Å². The molecule has 0 aliphatic heterocycles. The van der Waals surface area contributed by atoms with Gasteiger partial charge in [-0.3, -0.25) is 9.59 Å². The van der Waals surface area contributed by atoms with Gasteiger partial charge in [0.2, 0.25) is 5.76 Å². The first kappa shape index (κ1) is 20.5. The lowest BCUT2D eigenvalue weighted by molar-refractivity contribution is -0.131. The minimum atomic E-state index is -1.11. The van der Waals surface area contributed by atoms with Crippen molar-refractivity contribution in [2.45, 2.75) is 64.7 Å². The first-order chi connectivity index (χ1) is 14.6. The fourth-order valence-electron chi connectivity index (χ4n) is 8.26. The van der Waals surface area contributed by atoms with Crippen LogP contribution in [0.4, 0.5) is 0 Å². The van der Waals surface area contributed by atoms with Crippen molar-refractivity contribution in [2.75, 3.05) is 0 Å². The molecule has 5 rings (SSSR count). The number of furan rings is 1. The van der Waals surface area contributed by atoms with Gasteiger partial charge in [0.1, 0.15) is 5.78 Å². The van der Waals surface area contributed by atoms with Gasteiger partial charge in [0.25, 0.3) is 0 Å². The highest BCUT2D eigenvalue weighted by Gasteiger charge is 2.67. The van der Waals surface area contributed by atoms with E-state index in [0.29, 0.717) is 29.7 Å². The second-order valence-electron chi connectivity index (χ2n) is 10.5. The number of carbonyl (C=O) groups is 3. The Balaban J connectivity index is 1.59. The number of fused-ring (bicyclic) bond motifs is 5. The van der Waals surface area contributed by atoms with Gasteiger partial charge in [0.15, 0.2) is 5.78 Å². The van der Waals surface area contributed by atoms with Gasteiger partial charge >= 0.3 is 5.97 Å². The molecule has 4 aliphatic carbocycles. The number of carbonyl (C=O) groups excluding carboxylic acids is 2. The average molecular weight is 423 g/mol. The third-order valence-corrected chi connectivity index (χ3v) is 9.67. The van der Waals surface area contributed by atoms with Crippen LogP contribution in [0.15, 0.2) is 40.5 Å². The Morgan fingerprint density at radius 1 is 1.13 bits per heavy atom. The summed E-state index contributed by atoms with van der Waals surface area (Å²) in [7, 11) is 0. The summed E-state index contributed by atoms with van der Waals surface area (Å²) in [6.45, 7) is 6.11. The van der Waals surface area contributed by atoms with Crippen LogP contribution in [0.3, 0.4) is 0 Å². The molecule has 0 aromatic carbocycles. The molecule has 164 valence electrons. The molecule has 0 amide bonds. The summed E-state index contributed by atoms with van der Waals surface area (Å²) in [4.78, 5) is 37.1. The zero-order valence-corrected chi connectivity index (χ0v) is 18.4. The van der Waals surface area contributed by atoms with Crippen LogP contribution in [0.1, 0.15) is 75.4 Å². The molecular weight excluding hydrogens is 392 g/mol. The van der Waals surface area contributed by atoms with Gasteiger partial charge in [0, 0.05) is 11.0 Å². The van der Waals surface area contributed by atoms with Crippen molar-refractivity contribution < 1.29 is 23.9 Å². The lowest BCUT2D eigenvalue weighted by Crippen LogP contribution is -2.55. The monoisotopic (exact) mass is 422 g/mol. The minimum Gasteiger partial charge on any atom is -0.475 e. The molecule has 6 atom stereocenters. The summed E-state index contributed by atoms with van der Waals surface area (Å²) < 4.78 is 5.34. The predicted molar refractivity (Wildman–Crippen MR) is 115 cm³/mol. The van der Waals surface area contributed by atoms with Crippen LogP contribution in [0.5, 0.6) is 0 Å². The Kier molecular flexibility index (Phi) is 4.32. The standard InChI is InChI=1S/C26H30O5/c1-15(27)26(21-9-13-31-22(21)23(29)30)12-8-20-18-5-4-16-14-17(28)6-10-24(16,2)19(18)7-11-25(20,26)3/h6,9-10,13-14,18-20H,4-5,7-8,11-12H2,1-3H3,(H,29,30)/t18-,19+,20+,24+,25+,26-/m1/s1. The summed E-state index contributed by atoms with van der Waals surface area (Å²) in [6, 6.07) is 1.71. The molecule has 3 saturated carbocycles. The highest BCUT2D eigenvalue weighted by Crippen LogP contribution is 2.70. The van der Waals surface area contributed by atoms with Gasteiger partial charge in [-0.25, -0.2) is 4.79 Å². The van der Waals surface area contributed by atoms with Gasteiger partial charge in [0.05, 0.1) is 11.7 Å². The van der Waals surface area contributed by atoms with E-state index in [2.05, 4.69) is 19.9 Å². The number of allylic oxidation sites excluding steroid dienone is 4. The highest BCUT2D eigenvalue weighted by molar-refractivity contribution is 6.01. The van der Waals surface area contributed by atoms with Crippen LogP contribution in [-0.4, -0.2) is 22.6 Å². The Bertz CT molecular complexity index is 1040. The molecule has 4 aliphatic rings. The largest absolute Gasteiger partial charge is 0.475 e. The fourth-order valence-corrected chi connectivity index (χ4v) is 8.26. The van der Waals surface area contributed by atoms with Crippen LogP contribution >= 0.6 is 0 Å². The second-order valence-corrected chi connectivity index (χ2v) is 10.5. The molecule has 1 aromatic rings. The van der Waals surface area contributed by atoms with Crippen LogP contribution in [0, 0.1) is 28.6 Å². The van der Waals surface area contributed by atoms with Crippen LogP contribution in [0.25, 0.3) is 0 Å². The highest BCUT2D eigenvalue weighted by atomic mass is 16.4. The average Bonchev–Trinajstić information content (AvgIpc) is 3.31. The van der Waals surface area contributed by atoms with Crippen molar-refractivity contribution in [2.24, 2.45) is 28.6 Å². The summed E-state index contributed by atoms with van der Waals surface area (Å²) in [6.07, 6.45) is 12.5. The zero-order chi connectivity index (χ0) is 22.2. The van der Waals surface area contributed by atoms with Gasteiger partial charge in [-0.1, -0.05) is 25.5 Å². The fraction of sp³-hybridized carbons (Fsp3) is 0.577. The first-order valence-corrected chi connectivity index (χ1v) is 11.4. The molecule has 31 heavy (non-hydrogen) atoms. The number of hydrogen-bond acceptors (Lipinski definition) is 4. The van der Waals surface area contributed by atoms with E-state index in [9.17, 15) is 19.5 Å². The number of rotatable bonds is 3. The van der Waals surface area contributed by atoms with Crippen LogP contribution < -0.4 is 0 Å². The molecular formula is C26H30O5. The van der Waals surface area contributed by atoms with E-state index in [4.69, 9.17) is 4.42 Å². The third-order valence-electron chi connectivity index (χ3n) is 9.67. The first-order valence-electron chi connectivity index (χ1n) is 11.4. The van der Waals surface area contributed by atoms with E-state index in [1.54, 1.807) is 19.1 Å². The molecule has 0 spiro atoms. The smallest absolute Gasteiger partial charge is 0.372 e. The van der Waals surface area contributed by atoms with Crippen molar-refractivity contribution in [3.63, 3.8) is 0 Å². The molecule has 1 N–H and O–H groups in total. The summed E-state index contributed by atoms with van der Waals surface area (Å²) >= 11 is 0. The molecule has 1 aromatic heterocycles. The number of aromatic carboxylic acids is 1. The van der Waals surface area contributed by atoms with E-state index in [1.165, 1.54) is 11.8 Å². The van der Waals surface area contributed by atoms with Crippen LogP contribution in [-0.2, 0) is 15.0 Å². The predicted octanol–water partition coefficient (Wildman–Crippen LogP) is 5.11. The Morgan fingerprint density at radius 2 is 1.87 bits per heavy atom. The minimum absolute atomic E-state index is 0.0469. The quantitative estimate of drug-likeness (QED) is 0.731. The van der Waals surface area contributed by atoms with Crippen molar-refractivity contribution in [3.05, 3.63) is 47.5 Å². The van der Waals surface area contributed by atoms with Crippen molar-refractivity contribution >= 4 is 17.5 Å². The lowest BCUT2D eigenvalue weighted by Gasteiger charge is -2.58. The molecule has 1 heterocycles. The maximum absolute atomic E-state index is 13.3. The van der Waals surface area contributed by atoms with Gasteiger partial charge < -0.3 is 9.52 Å². The molecule has 0 saturated heterocycles. The second kappa shape index (κ2) is 6.54. The summed E-state index contributed by atoms with van der Waals surface area (Å²) in [5.41, 5.74) is 0.588. The molecule has 0 radical (unpaired) electrons. The van der Waals surface area contributed by atoms with Crippen LogP contribution in [0.2, 0.25) is 0 Å². The molecule has 3 fully saturated rings. The van der Waals surface area contributed by atoms with Crippen molar-refractivity contribution in [3.8, 4) is 0 Å². The molecule has 0 bridgehead atoms. The Morgan fingerprint density at radius 3 is 2.58 bits per heavy atom. The van der Waals surface area contributed by atoms with Crippen molar-refractivity contribution in [1.82, 2.24) is 0 Å². The van der Waals surface area contributed by atoms with Gasteiger partial charge in [-0.15, -0.1) is 0 Å². The number of hydrogen-bond donors (Lipinski definition) is 1. The number of carboxylic acid groups (broad SMARTS) is 1. The maximum atomic E-state index is 13.3. The topological polar surface area (TPSA) is 84.6 Å². The van der Waals surface area contributed by atoms with Gasteiger partial charge in [-0.2, -0.15) is 0 Å². The summed E-state index contributed by atoms with van der Waals surface area (Å²) in [5.74, 6) is 0.180. The molecule has 5 heteroatoms. The number of carboxylic acids is 1. The number of ketones is 2.